The van der Waals surface area contributed by atoms with Gasteiger partial charge in [-0.1, -0.05) is 29.8 Å². The third-order valence-corrected chi connectivity index (χ3v) is 4.39. The van der Waals surface area contributed by atoms with Crippen LogP contribution in [0.25, 0.3) is 0 Å². The summed E-state index contributed by atoms with van der Waals surface area (Å²) in [6.07, 6.45) is 1.94. The highest BCUT2D eigenvalue weighted by Gasteiger charge is 2.27. The number of benzene rings is 1. The fourth-order valence-electron chi connectivity index (χ4n) is 2.81. The summed E-state index contributed by atoms with van der Waals surface area (Å²) < 4.78 is 0. The molecule has 0 atom stereocenters. The quantitative estimate of drug-likeness (QED) is 0.856. The van der Waals surface area contributed by atoms with Gasteiger partial charge in [-0.3, -0.25) is 9.69 Å². The minimum absolute atomic E-state index is 0.00724. The van der Waals surface area contributed by atoms with Gasteiger partial charge in [-0.15, -0.1) is 0 Å². The van der Waals surface area contributed by atoms with Crippen molar-refractivity contribution < 1.29 is 14.7 Å². The number of H-pyrrole nitrogens is 1. The molecule has 0 radical (unpaired) electrons. The molecule has 5 nitrogen and oxygen atoms in total. The first-order chi connectivity index (χ1) is 11.2. The van der Waals surface area contributed by atoms with Crippen LogP contribution in [0.3, 0.4) is 0 Å². The Labute approximate surface area is 140 Å². The van der Waals surface area contributed by atoms with Gasteiger partial charge in [-0.2, -0.15) is 0 Å². The molecule has 23 heavy (non-hydrogen) atoms. The Morgan fingerprint density at radius 3 is 2.61 bits per heavy atom. The average Bonchev–Trinajstić information content (AvgIpc) is 2.58. The molecule has 1 aliphatic rings. The molecule has 3 N–H and O–H groups in total. The number of hydrogen-bond acceptors (Lipinski definition) is 2. The minimum Gasteiger partial charge on any atom is -0.321 e. The minimum atomic E-state index is 0.00724. The highest BCUT2D eigenvalue weighted by Crippen LogP contribution is 2.19. The van der Waals surface area contributed by atoms with Crippen molar-refractivity contribution in [2.24, 2.45) is 0 Å². The van der Waals surface area contributed by atoms with Crippen molar-refractivity contribution >= 4 is 29.0 Å². The largest absolute Gasteiger partial charge is 0.321 e. The van der Waals surface area contributed by atoms with Crippen LogP contribution in [0.15, 0.2) is 48.7 Å². The van der Waals surface area contributed by atoms with Crippen LogP contribution in [-0.4, -0.2) is 38.6 Å². The molecule has 1 aromatic heterocycles. The maximum atomic E-state index is 12.2. The Bertz CT molecular complexity index is 657. The Kier molecular flexibility index (Phi) is 5.10. The number of anilines is 2. The van der Waals surface area contributed by atoms with Gasteiger partial charge in [0.15, 0.2) is 6.54 Å². The van der Waals surface area contributed by atoms with Crippen molar-refractivity contribution in [2.75, 3.05) is 42.9 Å². The molecule has 120 valence electrons. The third kappa shape index (κ3) is 4.21. The number of amides is 1. The van der Waals surface area contributed by atoms with Crippen LogP contribution in [0.2, 0.25) is 5.02 Å². The summed E-state index contributed by atoms with van der Waals surface area (Å²) in [6.45, 7) is 4.24. The summed E-state index contributed by atoms with van der Waals surface area (Å²) in [5, 5.41) is 3.46. The Morgan fingerprint density at radius 2 is 1.91 bits per heavy atom. The fourth-order valence-corrected chi connectivity index (χ4v) is 2.99. The summed E-state index contributed by atoms with van der Waals surface area (Å²) >= 11 is 6.07. The number of hydrogen-bond donors (Lipinski definition) is 2. The second kappa shape index (κ2) is 7.44. The van der Waals surface area contributed by atoms with Crippen molar-refractivity contribution in [1.82, 2.24) is 0 Å². The van der Waals surface area contributed by atoms with Crippen LogP contribution in [0.1, 0.15) is 0 Å². The van der Waals surface area contributed by atoms with Crippen LogP contribution in [0, 0.1) is 0 Å². The van der Waals surface area contributed by atoms with E-state index in [0.717, 1.165) is 32.0 Å². The molecule has 0 spiro atoms. The van der Waals surface area contributed by atoms with E-state index in [0.29, 0.717) is 17.3 Å². The molecule has 1 saturated heterocycles. The third-order valence-electron chi connectivity index (χ3n) is 4.06. The smallest absolute Gasteiger partial charge is 0.279 e. The maximum Gasteiger partial charge on any atom is 0.279 e. The molecule has 2 heterocycles. The van der Waals surface area contributed by atoms with E-state index >= 15 is 0 Å². The number of piperazine rings is 1. The molecule has 6 heteroatoms. The second-order valence-electron chi connectivity index (χ2n) is 5.69. The molecule has 0 bridgehead atoms. The lowest BCUT2D eigenvalue weighted by atomic mass is 10.3. The van der Waals surface area contributed by atoms with Crippen LogP contribution in [0.4, 0.5) is 11.5 Å². The van der Waals surface area contributed by atoms with Gasteiger partial charge in [-0.25, -0.2) is 4.98 Å². The SMILES string of the molecule is O=C(C[NH+]1CCN(c2cccc[nH+]2)CC1)Nc1ccccc1Cl. The number of carbonyl (C=O) groups excluding carboxylic acids is 1. The highest BCUT2D eigenvalue weighted by atomic mass is 35.5. The van der Waals surface area contributed by atoms with E-state index in [1.54, 1.807) is 6.07 Å². The number of nitrogens with one attached hydrogen (secondary N) is 3. The number of pyridine rings is 1. The van der Waals surface area contributed by atoms with E-state index in [1.165, 1.54) is 4.90 Å². The van der Waals surface area contributed by atoms with Gasteiger partial charge in [0, 0.05) is 6.07 Å². The first kappa shape index (κ1) is 15.8. The van der Waals surface area contributed by atoms with Gasteiger partial charge in [0.25, 0.3) is 11.7 Å². The van der Waals surface area contributed by atoms with E-state index < -0.39 is 0 Å². The molecule has 0 saturated carbocycles. The van der Waals surface area contributed by atoms with Crippen LogP contribution in [-0.2, 0) is 4.79 Å². The summed E-state index contributed by atoms with van der Waals surface area (Å²) in [4.78, 5) is 19.0. The molecule has 1 fully saturated rings. The topological polar surface area (TPSA) is 50.9 Å². The summed E-state index contributed by atoms with van der Waals surface area (Å²) in [5.41, 5.74) is 0.677. The van der Waals surface area contributed by atoms with E-state index in [-0.39, 0.29) is 5.91 Å². The summed E-state index contributed by atoms with van der Waals surface area (Å²) in [7, 11) is 0. The molecule has 1 amide bonds. The van der Waals surface area contributed by atoms with E-state index in [1.807, 2.05) is 36.5 Å². The Morgan fingerprint density at radius 1 is 1.17 bits per heavy atom. The van der Waals surface area contributed by atoms with Crippen molar-refractivity contribution in [3.05, 3.63) is 53.7 Å². The van der Waals surface area contributed by atoms with E-state index in [2.05, 4.69) is 21.3 Å². The number of nitrogens with zero attached hydrogens (tertiary/aromatic N) is 1. The van der Waals surface area contributed by atoms with E-state index in [4.69, 9.17) is 11.6 Å². The number of aromatic nitrogens is 1. The van der Waals surface area contributed by atoms with Gasteiger partial charge in [0.1, 0.15) is 26.2 Å². The van der Waals surface area contributed by atoms with Crippen LogP contribution < -0.4 is 20.1 Å². The monoisotopic (exact) mass is 332 g/mol. The predicted octanol–water partition coefficient (Wildman–Crippen LogP) is 0.498. The van der Waals surface area contributed by atoms with Crippen molar-refractivity contribution in [1.29, 1.82) is 0 Å². The molecule has 1 aliphatic heterocycles. The number of para-hydroxylation sites is 1. The van der Waals surface area contributed by atoms with Crippen molar-refractivity contribution in [3.8, 4) is 0 Å². The zero-order valence-electron chi connectivity index (χ0n) is 12.9. The lowest BCUT2D eigenvalue weighted by Crippen LogP contribution is -3.15. The lowest BCUT2D eigenvalue weighted by Gasteiger charge is -2.27. The lowest BCUT2D eigenvalue weighted by molar-refractivity contribution is -0.892. The normalized spacial score (nSPS) is 15.4. The molecule has 3 rings (SSSR count). The number of aromatic amines is 1. The highest BCUT2D eigenvalue weighted by molar-refractivity contribution is 6.33. The van der Waals surface area contributed by atoms with Crippen LogP contribution in [0.5, 0.6) is 0 Å². The fraction of sp³-hybridized carbons (Fsp3) is 0.294. The molecular weight excluding hydrogens is 312 g/mol. The second-order valence-corrected chi connectivity index (χ2v) is 6.10. The first-order valence-electron chi connectivity index (χ1n) is 7.82. The maximum absolute atomic E-state index is 12.2. The van der Waals surface area contributed by atoms with Gasteiger partial charge >= 0.3 is 0 Å². The summed E-state index contributed by atoms with van der Waals surface area (Å²) in [5.74, 6) is 1.14. The van der Waals surface area contributed by atoms with Crippen molar-refractivity contribution in [3.63, 3.8) is 0 Å². The molecular formula is C17H21ClN4O+2. The number of quaternary nitrogens is 1. The Balaban J connectivity index is 1.49. The number of carbonyl (C=O) groups is 1. The molecule has 0 unspecified atom stereocenters. The van der Waals surface area contributed by atoms with Gasteiger partial charge in [0.2, 0.25) is 0 Å². The predicted molar refractivity (Wildman–Crippen MR) is 90.9 cm³/mol. The Hall–Kier alpha value is -2.11. The molecule has 2 aromatic rings. The van der Waals surface area contributed by atoms with E-state index in [9.17, 15) is 4.79 Å². The first-order valence-corrected chi connectivity index (χ1v) is 8.20. The average molecular weight is 333 g/mol. The van der Waals surface area contributed by atoms with Crippen LogP contribution >= 0.6 is 11.6 Å². The number of halogens is 1. The van der Waals surface area contributed by atoms with Gasteiger partial charge < -0.3 is 10.2 Å². The summed E-state index contributed by atoms with van der Waals surface area (Å²) in [6, 6.07) is 13.4. The zero-order chi connectivity index (χ0) is 16.1. The van der Waals surface area contributed by atoms with Gasteiger partial charge in [0.05, 0.1) is 16.9 Å². The standard InChI is InChI=1S/C17H19ClN4O/c18-14-5-1-2-6-15(14)20-17(23)13-21-9-11-22(12-10-21)16-7-3-4-8-19-16/h1-8H,9-13H2,(H,20,23)/p+2. The van der Waals surface area contributed by atoms with Crippen molar-refractivity contribution in [2.45, 2.75) is 0 Å². The molecule has 0 aliphatic carbocycles. The number of rotatable bonds is 4. The molecule has 1 aromatic carbocycles. The van der Waals surface area contributed by atoms with Gasteiger partial charge in [-0.05, 0) is 18.2 Å². The zero-order valence-corrected chi connectivity index (χ0v) is 13.6.